The van der Waals surface area contributed by atoms with Crippen LogP contribution in [-0.2, 0) is 9.59 Å². The van der Waals surface area contributed by atoms with Crippen LogP contribution in [0.2, 0.25) is 0 Å². The lowest BCUT2D eigenvalue weighted by Gasteiger charge is -2.27. The zero-order valence-corrected chi connectivity index (χ0v) is 7.51. The van der Waals surface area contributed by atoms with Gasteiger partial charge >= 0.3 is 0 Å². The molecule has 0 saturated carbocycles. The second kappa shape index (κ2) is 4.34. The minimum Gasteiger partial charge on any atom is -0.353 e. The van der Waals surface area contributed by atoms with Crippen molar-refractivity contribution in [3.05, 3.63) is 0 Å². The molecule has 1 rings (SSSR count). The number of carbonyl (C=O) groups excluding carboxylic acids is 2. The predicted molar refractivity (Wildman–Crippen MR) is 47.8 cm³/mol. The van der Waals surface area contributed by atoms with Crippen molar-refractivity contribution in [2.24, 2.45) is 5.73 Å². The Morgan fingerprint density at radius 1 is 1.62 bits per heavy atom. The molecule has 13 heavy (non-hydrogen) atoms. The highest BCUT2D eigenvalue weighted by Gasteiger charge is 2.26. The predicted octanol–water partition coefficient (Wildman–Crippen LogP) is -1.27. The van der Waals surface area contributed by atoms with Gasteiger partial charge in [0.2, 0.25) is 5.91 Å². The third-order valence-electron chi connectivity index (χ3n) is 2.14. The van der Waals surface area contributed by atoms with Crippen molar-refractivity contribution in [3.63, 3.8) is 0 Å². The number of hydrogen-bond acceptors (Lipinski definition) is 4. The Morgan fingerprint density at radius 3 is 3.08 bits per heavy atom. The zero-order valence-electron chi connectivity index (χ0n) is 7.51. The number of amides is 1. The molecule has 0 aromatic heterocycles. The number of aldehydes is 1. The molecule has 74 valence electrons. The quantitative estimate of drug-likeness (QED) is 0.479. The van der Waals surface area contributed by atoms with Gasteiger partial charge in [0.15, 0.2) is 0 Å². The van der Waals surface area contributed by atoms with Gasteiger partial charge in [0.1, 0.15) is 6.29 Å². The first-order valence-electron chi connectivity index (χ1n) is 4.40. The van der Waals surface area contributed by atoms with Crippen molar-refractivity contribution in [2.75, 3.05) is 13.1 Å². The zero-order chi connectivity index (χ0) is 9.73. The monoisotopic (exact) mass is 185 g/mol. The van der Waals surface area contributed by atoms with E-state index in [4.69, 9.17) is 5.73 Å². The minimum atomic E-state index is -0.618. The fourth-order valence-electron chi connectivity index (χ4n) is 1.33. The van der Waals surface area contributed by atoms with Gasteiger partial charge in [-0.25, -0.2) is 0 Å². The van der Waals surface area contributed by atoms with Crippen molar-refractivity contribution < 1.29 is 9.59 Å². The molecule has 1 aliphatic rings. The Hall–Kier alpha value is -0.940. The van der Waals surface area contributed by atoms with E-state index in [0.717, 1.165) is 6.29 Å². The molecule has 0 bridgehead atoms. The summed E-state index contributed by atoms with van der Waals surface area (Å²) < 4.78 is 0. The first kappa shape index (κ1) is 10.1. The fourth-order valence-corrected chi connectivity index (χ4v) is 1.33. The van der Waals surface area contributed by atoms with Crippen LogP contribution in [0.3, 0.4) is 0 Å². The molecular weight excluding hydrogens is 170 g/mol. The van der Waals surface area contributed by atoms with Crippen molar-refractivity contribution in [3.8, 4) is 0 Å². The highest BCUT2D eigenvalue weighted by Crippen LogP contribution is 2.06. The van der Waals surface area contributed by atoms with Gasteiger partial charge in [-0.15, -0.1) is 0 Å². The third-order valence-corrected chi connectivity index (χ3v) is 2.14. The molecule has 5 nitrogen and oxygen atoms in total. The summed E-state index contributed by atoms with van der Waals surface area (Å²) in [6.45, 7) is 0.959. The maximum absolute atomic E-state index is 11.0. The molecule has 1 atom stereocenters. The van der Waals surface area contributed by atoms with Crippen LogP contribution in [-0.4, -0.2) is 30.9 Å². The van der Waals surface area contributed by atoms with E-state index < -0.39 is 5.66 Å². The maximum Gasteiger partial charge on any atom is 0.221 e. The average Bonchev–Trinajstić information content (AvgIpc) is 2.27. The SMILES string of the molecule is NC1(CCC=O)CNC(=O)CCN1. The molecule has 1 heterocycles. The van der Waals surface area contributed by atoms with Gasteiger partial charge in [-0.3, -0.25) is 10.1 Å². The second-order valence-corrected chi connectivity index (χ2v) is 3.31. The average molecular weight is 185 g/mol. The summed E-state index contributed by atoms with van der Waals surface area (Å²) in [5.41, 5.74) is 5.30. The molecule has 0 aromatic rings. The topological polar surface area (TPSA) is 84.2 Å². The standard InChI is InChI=1S/C8H15N3O2/c9-8(3-1-5-12)6-10-7(13)2-4-11-8/h5,11H,1-4,6,9H2,(H,10,13). The number of nitrogens with one attached hydrogen (secondary N) is 2. The normalized spacial score (nSPS) is 29.2. The number of hydrogen-bond donors (Lipinski definition) is 3. The van der Waals surface area contributed by atoms with E-state index in [9.17, 15) is 9.59 Å². The number of rotatable bonds is 3. The summed E-state index contributed by atoms with van der Waals surface area (Å²) in [6.07, 6.45) is 2.25. The summed E-state index contributed by atoms with van der Waals surface area (Å²) >= 11 is 0. The molecule has 4 N–H and O–H groups in total. The number of carbonyl (C=O) groups is 2. The van der Waals surface area contributed by atoms with E-state index in [1.807, 2.05) is 0 Å². The minimum absolute atomic E-state index is 0.00549. The molecule has 1 unspecified atom stereocenters. The van der Waals surface area contributed by atoms with E-state index in [1.54, 1.807) is 0 Å². The van der Waals surface area contributed by atoms with Crippen molar-refractivity contribution in [1.29, 1.82) is 0 Å². The first-order chi connectivity index (χ1) is 6.16. The lowest BCUT2D eigenvalue weighted by Crippen LogP contribution is -2.58. The van der Waals surface area contributed by atoms with E-state index in [1.165, 1.54) is 0 Å². The smallest absolute Gasteiger partial charge is 0.221 e. The van der Waals surface area contributed by atoms with E-state index >= 15 is 0 Å². The number of nitrogens with two attached hydrogens (primary N) is 1. The molecule has 1 saturated heterocycles. The van der Waals surface area contributed by atoms with Crippen LogP contribution in [0.15, 0.2) is 0 Å². The molecule has 0 aliphatic carbocycles. The Kier molecular flexibility index (Phi) is 3.39. The van der Waals surface area contributed by atoms with Gasteiger partial charge in [0.25, 0.3) is 0 Å². The van der Waals surface area contributed by atoms with Gasteiger partial charge in [0.05, 0.1) is 5.66 Å². The van der Waals surface area contributed by atoms with Gasteiger partial charge in [-0.05, 0) is 6.42 Å². The highest BCUT2D eigenvalue weighted by atomic mass is 16.1. The van der Waals surface area contributed by atoms with Crippen LogP contribution < -0.4 is 16.4 Å². The Labute approximate surface area is 77.1 Å². The van der Waals surface area contributed by atoms with Crippen LogP contribution in [0.5, 0.6) is 0 Å². The molecule has 0 aromatic carbocycles. The molecule has 1 aliphatic heterocycles. The first-order valence-corrected chi connectivity index (χ1v) is 4.40. The van der Waals surface area contributed by atoms with Gasteiger partial charge < -0.3 is 15.8 Å². The summed E-state index contributed by atoms with van der Waals surface area (Å²) in [4.78, 5) is 21.1. The van der Waals surface area contributed by atoms with Gasteiger partial charge in [-0.1, -0.05) is 0 Å². The Morgan fingerprint density at radius 2 is 2.38 bits per heavy atom. The molecule has 0 spiro atoms. The lowest BCUT2D eigenvalue weighted by atomic mass is 10.1. The molecule has 1 fully saturated rings. The molecular formula is C8H15N3O2. The molecule has 1 amide bonds. The molecule has 5 heteroatoms. The highest BCUT2D eigenvalue weighted by molar-refractivity contribution is 5.76. The van der Waals surface area contributed by atoms with Gasteiger partial charge in [-0.2, -0.15) is 0 Å². The lowest BCUT2D eigenvalue weighted by molar-refractivity contribution is -0.120. The summed E-state index contributed by atoms with van der Waals surface area (Å²) in [5.74, 6) is 0.00549. The van der Waals surface area contributed by atoms with Crippen LogP contribution >= 0.6 is 0 Å². The Bertz CT molecular complexity index is 208. The van der Waals surface area contributed by atoms with Crippen LogP contribution in [0.4, 0.5) is 0 Å². The van der Waals surface area contributed by atoms with Crippen LogP contribution in [0.1, 0.15) is 19.3 Å². The summed E-state index contributed by atoms with van der Waals surface area (Å²) in [5, 5.41) is 5.76. The molecule has 0 radical (unpaired) electrons. The van der Waals surface area contributed by atoms with Crippen LogP contribution in [0.25, 0.3) is 0 Å². The fraction of sp³-hybridized carbons (Fsp3) is 0.750. The van der Waals surface area contributed by atoms with Crippen molar-refractivity contribution in [1.82, 2.24) is 10.6 Å². The van der Waals surface area contributed by atoms with E-state index in [-0.39, 0.29) is 5.91 Å². The summed E-state index contributed by atoms with van der Waals surface area (Å²) in [7, 11) is 0. The largest absolute Gasteiger partial charge is 0.353 e. The Balaban J connectivity index is 2.46. The van der Waals surface area contributed by atoms with E-state index in [0.29, 0.717) is 32.4 Å². The van der Waals surface area contributed by atoms with Gasteiger partial charge in [0, 0.05) is 25.9 Å². The summed E-state index contributed by atoms with van der Waals surface area (Å²) in [6, 6.07) is 0. The van der Waals surface area contributed by atoms with Crippen molar-refractivity contribution >= 4 is 12.2 Å². The second-order valence-electron chi connectivity index (χ2n) is 3.31. The van der Waals surface area contributed by atoms with Crippen molar-refractivity contribution in [2.45, 2.75) is 24.9 Å². The van der Waals surface area contributed by atoms with Crippen LogP contribution in [0, 0.1) is 0 Å². The third kappa shape index (κ3) is 3.12. The maximum atomic E-state index is 11.0. The van der Waals surface area contributed by atoms with E-state index in [2.05, 4.69) is 10.6 Å².